The van der Waals surface area contributed by atoms with Crippen LogP contribution in [-0.2, 0) is 11.2 Å². The lowest BCUT2D eigenvalue weighted by Gasteiger charge is -2.16. The van der Waals surface area contributed by atoms with Gasteiger partial charge >= 0.3 is 0 Å². The van der Waals surface area contributed by atoms with E-state index in [0.717, 1.165) is 23.4 Å². The van der Waals surface area contributed by atoms with Crippen LogP contribution < -0.4 is 5.84 Å². The first-order valence-electron chi connectivity index (χ1n) is 5.67. The maximum atomic E-state index is 11.7. The number of rotatable bonds is 4. The van der Waals surface area contributed by atoms with Crippen LogP contribution in [0.1, 0.15) is 37.3 Å². The van der Waals surface area contributed by atoms with E-state index in [0.29, 0.717) is 0 Å². The Bertz CT molecular complexity index is 343. The molecule has 0 heterocycles. The number of hydrazine groups is 1. The third-order valence-electron chi connectivity index (χ3n) is 2.74. The summed E-state index contributed by atoms with van der Waals surface area (Å²) in [4.78, 5) is 11.7. The van der Waals surface area contributed by atoms with Gasteiger partial charge in [-0.1, -0.05) is 37.6 Å². The van der Waals surface area contributed by atoms with E-state index >= 15 is 0 Å². The molecule has 0 fully saturated rings. The smallest absolute Gasteiger partial charge is 0.243 e. The summed E-state index contributed by atoms with van der Waals surface area (Å²) in [6.07, 6.45) is 2.22. The quantitative estimate of drug-likeness (QED) is 0.479. The number of nitrogens with zero attached hydrogens (tertiary/aromatic N) is 1. The molecule has 0 saturated carbocycles. The minimum absolute atomic E-state index is 0.0664. The molecule has 0 aromatic heterocycles. The maximum absolute atomic E-state index is 11.7. The number of hydrogen-bond donors (Lipinski definition) is 1. The van der Waals surface area contributed by atoms with Crippen molar-refractivity contribution in [3.05, 3.63) is 35.4 Å². The van der Waals surface area contributed by atoms with E-state index in [4.69, 9.17) is 5.84 Å². The van der Waals surface area contributed by atoms with E-state index in [9.17, 15) is 4.79 Å². The normalized spacial score (nSPS) is 12.2. The van der Waals surface area contributed by atoms with Crippen LogP contribution in [0.25, 0.3) is 0 Å². The van der Waals surface area contributed by atoms with Gasteiger partial charge in [0.05, 0.1) is 5.92 Å². The fraction of sp³-hybridized carbons (Fsp3) is 0.462. The molecule has 0 radical (unpaired) electrons. The Morgan fingerprint density at radius 1 is 1.38 bits per heavy atom. The molecule has 0 saturated heterocycles. The number of hydrogen-bond acceptors (Lipinski definition) is 2. The van der Waals surface area contributed by atoms with Crippen LogP contribution in [0, 0.1) is 0 Å². The molecule has 1 aromatic carbocycles. The second-order valence-electron chi connectivity index (χ2n) is 4.16. The fourth-order valence-corrected chi connectivity index (χ4v) is 1.71. The van der Waals surface area contributed by atoms with Gasteiger partial charge in [0.25, 0.3) is 0 Å². The van der Waals surface area contributed by atoms with Crippen molar-refractivity contribution in [2.45, 2.75) is 32.6 Å². The average Bonchev–Trinajstić information content (AvgIpc) is 2.28. The van der Waals surface area contributed by atoms with E-state index in [1.165, 1.54) is 5.56 Å². The monoisotopic (exact) mass is 220 g/mol. The highest BCUT2D eigenvalue weighted by molar-refractivity contribution is 5.82. The largest absolute Gasteiger partial charge is 0.283 e. The second kappa shape index (κ2) is 5.66. The van der Waals surface area contributed by atoms with E-state index in [1.54, 1.807) is 7.05 Å². The Morgan fingerprint density at radius 2 is 1.94 bits per heavy atom. The summed E-state index contributed by atoms with van der Waals surface area (Å²) < 4.78 is 0. The summed E-state index contributed by atoms with van der Waals surface area (Å²) >= 11 is 0. The number of nitrogens with two attached hydrogens (primary N) is 1. The zero-order valence-electron chi connectivity index (χ0n) is 10.2. The molecule has 1 unspecified atom stereocenters. The molecular formula is C13H20N2O. The fourth-order valence-electron chi connectivity index (χ4n) is 1.71. The second-order valence-corrected chi connectivity index (χ2v) is 4.16. The van der Waals surface area contributed by atoms with E-state index in [-0.39, 0.29) is 11.8 Å². The van der Waals surface area contributed by atoms with Crippen molar-refractivity contribution >= 4 is 5.91 Å². The SMILES string of the molecule is CCCc1ccc(C(C)C(=O)N(C)N)cc1. The molecule has 0 spiro atoms. The summed E-state index contributed by atoms with van der Waals surface area (Å²) in [5.41, 5.74) is 2.33. The molecule has 1 atom stereocenters. The summed E-state index contributed by atoms with van der Waals surface area (Å²) in [7, 11) is 1.57. The van der Waals surface area contributed by atoms with E-state index in [2.05, 4.69) is 19.1 Å². The van der Waals surface area contributed by atoms with Crippen LogP contribution >= 0.6 is 0 Å². The first-order valence-corrected chi connectivity index (χ1v) is 5.67. The van der Waals surface area contributed by atoms with Gasteiger partial charge in [0.15, 0.2) is 0 Å². The molecule has 1 aromatic rings. The number of carbonyl (C=O) groups excluding carboxylic acids is 1. The van der Waals surface area contributed by atoms with Crippen molar-refractivity contribution < 1.29 is 4.79 Å². The van der Waals surface area contributed by atoms with Crippen LogP contribution in [-0.4, -0.2) is 18.0 Å². The Balaban J connectivity index is 2.77. The molecule has 1 rings (SSSR count). The highest BCUT2D eigenvalue weighted by atomic mass is 16.2. The summed E-state index contributed by atoms with van der Waals surface area (Å²) in [6, 6.07) is 8.19. The minimum atomic E-state index is -0.175. The lowest BCUT2D eigenvalue weighted by molar-refractivity contribution is -0.131. The molecule has 1 amide bonds. The maximum Gasteiger partial charge on any atom is 0.243 e. The number of carbonyl (C=O) groups is 1. The molecule has 3 nitrogen and oxygen atoms in total. The van der Waals surface area contributed by atoms with Crippen molar-refractivity contribution in [3.8, 4) is 0 Å². The third-order valence-corrected chi connectivity index (χ3v) is 2.74. The highest BCUT2D eigenvalue weighted by Crippen LogP contribution is 2.17. The number of likely N-dealkylation sites (N-methyl/N-ethyl adjacent to an activating group) is 1. The first-order chi connectivity index (χ1) is 7.56. The van der Waals surface area contributed by atoms with Crippen molar-refractivity contribution in [1.29, 1.82) is 0 Å². The molecule has 88 valence electrons. The van der Waals surface area contributed by atoms with Crippen LogP contribution in [0.2, 0.25) is 0 Å². The zero-order valence-corrected chi connectivity index (χ0v) is 10.2. The summed E-state index contributed by atoms with van der Waals surface area (Å²) in [5.74, 6) is 5.19. The van der Waals surface area contributed by atoms with E-state index in [1.807, 2.05) is 19.1 Å². The average molecular weight is 220 g/mol. The lowest BCUT2D eigenvalue weighted by Crippen LogP contribution is -2.36. The predicted octanol–water partition coefficient (Wildman–Crippen LogP) is 2.07. The Hall–Kier alpha value is -1.35. The van der Waals surface area contributed by atoms with Gasteiger partial charge in [-0.3, -0.25) is 9.80 Å². The molecule has 2 N–H and O–H groups in total. The first kappa shape index (κ1) is 12.7. The summed E-state index contributed by atoms with van der Waals surface area (Å²) in [5, 5.41) is 1.14. The lowest BCUT2D eigenvalue weighted by atomic mass is 9.98. The number of amides is 1. The van der Waals surface area contributed by atoms with Crippen molar-refractivity contribution in [1.82, 2.24) is 5.01 Å². The standard InChI is InChI=1S/C13H20N2O/c1-4-5-11-6-8-12(9-7-11)10(2)13(16)15(3)14/h6-10H,4-5,14H2,1-3H3. The minimum Gasteiger partial charge on any atom is -0.283 e. The van der Waals surface area contributed by atoms with Crippen LogP contribution in [0.4, 0.5) is 0 Å². The molecule has 3 heteroatoms. The van der Waals surface area contributed by atoms with Crippen molar-refractivity contribution in [2.75, 3.05) is 7.05 Å². The Labute approximate surface area is 97.2 Å². The van der Waals surface area contributed by atoms with Crippen LogP contribution in [0.5, 0.6) is 0 Å². The third kappa shape index (κ3) is 3.07. The Morgan fingerprint density at radius 3 is 2.38 bits per heavy atom. The highest BCUT2D eigenvalue weighted by Gasteiger charge is 2.16. The number of aryl methyl sites for hydroxylation is 1. The van der Waals surface area contributed by atoms with Gasteiger partial charge in [-0.25, -0.2) is 5.84 Å². The molecule has 16 heavy (non-hydrogen) atoms. The van der Waals surface area contributed by atoms with Crippen LogP contribution in [0.15, 0.2) is 24.3 Å². The van der Waals surface area contributed by atoms with Gasteiger partial charge in [-0.2, -0.15) is 0 Å². The van der Waals surface area contributed by atoms with Gasteiger partial charge < -0.3 is 0 Å². The van der Waals surface area contributed by atoms with Crippen molar-refractivity contribution in [3.63, 3.8) is 0 Å². The molecule has 0 aliphatic heterocycles. The number of benzene rings is 1. The zero-order chi connectivity index (χ0) is 12.1. The molecule has 0 aliphatic rings. The van der Waals surface area contributed by atoms with Gasteiger partial charge in [0, 0.05) is 7.05 Å². The molecule has 0 bridgehead atoms. The van der Waals surface area contributed by atoms with Crippen molar-refractivity contribution in [2.24, 2.45) is 5.84 Å². The summed E-state index contributed by atoms with van der Waals surface area (Å²) in [6.45, 7) is 4.03. The Kier molecular flexibility index (Phi) is 4.50. The van der Waals surface area contributed by atoms with Gasteiger partial charge in [0.1, 0.15) is 0 Å². The molecular weight excluding hydrogens is 200 g/mol. The predicted molar refractivity (Wildman–Crippen MR) is 65.8 cm³/mol. The van der Waals surface area contributed by atoms with E-state index < -0.39 is 0 Å². The van der Waals surface area contributed by atoms with Gasteiger partial charge in [-0.15, -0.1) is 0 Å². The molecule has 0 aliphatic carbocycles. The topological polar surface area (TPSA) is 46.3 Å². The van der Waals surface area contributed by atoms with Gasteiger partial charge in [0.2, 0.25) is 5.91 Å². The van der Waals surface area contributed by atoms with Gasteiger partial charge in [-0.05, 0) is 24.5 Å². The van der Waals surface area contributed by atoms with Crippen LogP contribution in [0.3, 0.4) is 0 Å².